The van der Waals surface area contributed by atoms with Crippen molar-refractivity contribution in [3.05, 3.63) is 50.1 Å². The predicted octanol–water partition coefficient (Wildman–Crippen LogP) is 4.03. The van der Waals surface area contributed by atoms with Gasteiger partial charge in [0.25, 0.3) is 5.69 Å². The van der Waals surface area contributed by atoms with Gasteiger partial charge in [0.05, 0.1) is 26.8 Å². The summed E-state index contributed by atoms with van der Waals surface area (Å²) in [6, 6.07) is 7.35. The number of benzene rings is 2. The molecule has 0 aliphatic carbocycles. The first-order valence-corrected chi connectivity index (χ1v) is 9.63. The fraction of sp³-hybridized carbons (Fsp3) is 0.316. The molecule has 12 nitrogen and oxygen atoms in total. The number of fused-ring (bicyclic) bond motifs is 1. The Morgan fingerprint density at radius 2 is 1.71 bits per heavy atom. The van der Waals surface area contributed by atoms with Crippen LogP contribution in [0.15, 0.2) is 28.9 Å². The number of aromatic nitrogens is 2. The Balaban J connectivity index is 1.84. The van der Waals surface area contributed by atoms with E-state index in [2.05, 4.69) is 15.6 Å². The minimum Gasteiger partial charge on any atom is -0.366 e. The lowest BCUT2D eigenvalue weighted by Gasteiger charge is -2.23. The van der Waals surface area contributed by atoms with Gasteiger partial charge in [-0.2, -0.15) is 5.26 Å². The van der Waals surface area contributed by atoms with Gasteiger partial charge in [-0.1, -0.05) is 12.8 Å². The highest BCUT2D eigenvalue weighted by atomic mass is 16.6. The number of nitro benzene ring substituents is 2. The fourth-order valence-electron chi connectivity index (χ4n) is 3.74. The second kappa shape index (κ2) is 8.23. The quantitative estimate of drug-likeness (QED) is 0.467. The van der Waals surface area contributed by atoms with Gasteiger partial charge in [0.2, 0.25) is 5.52 Å². The molecule has 0 saturated carbocycles. The van der Waals surface area contributed by atoms with Gasteiger partial charge in [0.1, 0.15) is 11.8 Å². The molecule has 0 unspecified atom stereocenters. The van der Waals surface area contributed by atoms with Gasteiger partial charge in [-0.3, -0.25) is 20.2 Å². The maximum Gasteiger partial charge on any atom is 0.323 e. The van der Waals surface area contributed by atoms with Crippen LogP contribution in [0.3, 0.4) is 0 Å². The SMILES string of the molecule is N#Cc1cc([N+](=O)[O-])ccc1Nc1cc(N2CCCCCC2)c([N+](=O)[O-])c2nonc12. The summed E-state index contributed by atoms with van der Waals surface area (Å²) in [5.74, 6) is 0. The smallest absolute Gasteiger partial charge is 0.323 e. The van der Waals surface area contributed by atoms with E-state index < -0.39 is 9.85 Å². The van der Waals surface area contributed by atoms with Gasteiger partial charge in [-0.15, -0.1) is 0 Å². The third kappa shape index (κ3) is 3.80. The van der Waals surface area contributed by atoms with Crippen molar-refractivity contribution >= 4 is 39.5 Å². The molecular weight excluding hydrogens is 406 g/mol. The number of rotatable bonds is 5. The number of hydrogen-bond donors (Lipinski definition) is 1. The summed E-state index contributed by atoms with van der Waals surface area (Å²) < 4.78 is 4.79. The van der Waals surface area contributed by atoms with E-state index in [-0.39, 0.29) is 28.0 Å². The molecule has 0 amide bonds. The van der Waals surface area contributed by atoms with Crippen LogP contribution in [0.25, 0.3) is 11.0 Å². The molecular formula is C19H17N7O5. The summed E-state index contributed by atoms with van der Waals surface area (Å²) in [7, 11) is 0. The molecule has 1 fully saturated rings. The van der Waals surface area contributed by atoms with Crippen LogP contribution in [0, 0.1) is 31.6 Å². The Morgan fingerprint density at radius 1 is 1.00 bits per heavy atom. The first-order chi connectivity index (χ1) is 15.0. The standard InChI is InChI=1S/C19H17N7O5/c20-11-12-9-13(25(27)28)5-6-14(12)21-15-10-16(24-7-3-1-2-4-8-24)19(26(29)30)18-17(15)22-31-23-18/h5-6,9-10,21H,1-4,7-8H2. The second-order valence-electron chi connectivity index (χ2n) is 7.14. The molecule has 12 heteroatoms. The van der Waals surface area contributed by atoms with E-state index in [0.717, 1.165) is 31.7 Å². The van der Waals surface area contributed by atoms with Crippen molar-refractivity contribution in [2.75, 3.05) is 23.3 Å². The van der Waals surface area contributed by atoms with Crippen LogP contribution in [0.4, 0.5) is 28.4 Å². The highest BCUT2D eigenvalue weighted by Crippen LogP contribution is 2.41. The molecule has 1 aromatic heterocycles. The van der Waals surface area contributed by atoms with Gasteiger partial charge >= 0.3 is 5.69 Å². The lowest BCUT2D eigenvalue weighted by Crippen LogP contribution is -2.25. The molecule has 0 atom stereocenters. The molecule has 0 radical (unpaired) electrons. The molecule has 31 heavy (non-hydrogen) atoms. The van der Waals surface area contributed by atoms with E-state index in [4.69, 9.17) is 4.63 Å². The van der Waals surface area contributed by atoms with Crippen LogP contribution in [0.1, 0.15) is 31.2 Å². The van der Waals surface area contributed by atoms with E-state index in [1.54, 1.807) is 6.07 Å². The number of non-ortho nitro benzene ring substituents is 1. The lowest BCUT2D eigenvalue weighted by atomic mass is 10.1. The molecule has 158 valence electrons. The molecule has 1 N–H and O–H groups in total. The summed E-state index contributed by atoms with van der Waals surface area (Å²) in [6.07, 6.45) is 3.93. The van der Waals surface area contributed by atoms with Crippen LogP contribution in [-0.2, 0) is 0 Å². The summed E-state index contributed by atoms with van der Waals surface area (Å²) in [6.45, 7) is 1.33. The van der Waals surface area contributed by atoms with Crippen LogP contribution in [-0.4, -0.2) is 33.2 Å². The highest BCUT2D eigenvalue weighted by molar-refractivity contribution is 6.01. The van der Waals surface area contributed by atoms with Crippen molar-refractivity contribution in [3.63, 3.8) is 0 Å². The minimum absolute atomic E-state index is 0.00494. The Bertz CT molecular complexity index is 1210. The summed E-state index contributed by atoms with van der Waals surface area (Å²) in [5.41, 5.74) is 0.811. The van der Waals surface area contributed by atoms with E-state index in [0.29, 0.717) is 30.2 Å². The Labute approximate surface area is 175 Å². The molecule has 3 aromatic rings. The van der Waals surface area contributed by atoms with Crippen molar-refractivity contribution in [1.82, 2.24) is 10.3 Å². The summed E-state index contributed by atoms with van der Waals surface area (Å²) >= 11 is 0. The van der Waals surface area contributed by atoms with E-state index >= 15 is 0 Å². The normalized spacial score (nSPS) is 14.1. The number of nitrogens with one attached hydrogen (secondary N) is 1. The van der Waals surface area contributed by atoms with Crippen LogP contribution in [0.5, 0.6) is 0 Å². The maximum absolute atomic E-state index is 11.9. The highest BCUT2D eigenvalue weighted by Gasteiger charge is 2.29. The van der Waals surface area contributed by atoms with Gasteiger partial charge in [0.15, 0.2) is 5.52 Å². The molecule has 4 rings (SSSR count). The zero-order valence-electron chi connectivity index (χ0n) is 16.3. The summed E-state index contributed by atoms with van der Waals surface area (Å²) in [5, 5.41) is 42.9. The molecule has 2 aromatic carbocycles. The largest absolute Gasteiger partial charge is 0.366 e. The first kappa shape index (κ1) is 20.0. The predicted molar refractivity (Wildman–Crippen MR) is 110 cm³/mol. The molecule has 2 heterocycles. The lowest BCUT2D eigenvalue weighted by molar-refractivity contribution is -0.384. The topological polar surface area (TPSA) is 164 Å². The Kier molecular flexibility index (Phi) is 5.31. The average Bonchev–Trinajstić information content (AvgIpc) is 3.08. The maximum atomic E-state index is 11.9. The fourth-order valence-corrected chi connectivity index (χ4v) is 3.74. The van der Waals surface area contributed by atoms with Crippen molar-refractivity contribution < 1.29 is 14.5 Å². The van der Waals surface area contributed by atoms with Crippen LogP contribution in [0.2, 0.25) is 0 Å². The molecule has 0 spiro atoms. The zero-order chi connectivity index (χ0) is 22.0. The molecule has 1 saturated heterocycles. The van der Waals surface area contributed by atoms with Gasteiger partial charge in [-0.05, 0) is 35.3 Å². The van der Waals surface area contributed by atoms with Crippen molar-refractivity contribution in [3.8, 4) is 6.07 Å². The number of nitrogens with zero attached hydrogens (tertiary/aromatic N) is 6. The number of nitro groups is 2. The molecule has 0 bridgehead atoms. The van der Waals surface area contributed by atoms with Crippen LogP contribution >= 0.6 is 0 Å². The van der Waals surface area contributed by atoms with E-state index in [1.165, 1.54) is 12.1 Å². The minimum atomic E-state index is -0.590. The average molecular weight is 423 g/mol. The molecule has 1 aliphatic rings. The Morgan fingerprint density at radius 3 is 2.35 bits per heavy atom. The summed E-state index contributed by atoms with van der Waals surface area (Å²) in [4.78, 5) is 23.7. The van der Waals surface area contributed by atoms with Gasteiger partial charge < -0.3 is 10.2 Å². The van der Waals surface area contributed by atoms with Gasteiger partial charge in [0, 0.05) is 25.2 Å². The van der Waals surface area contributed by atoms with E-state index in [1.807, 2.05) is 11.0 Å². The van der Waals surface area contributed by atoms with Crippen LogP contribution < -0.4 is 10.2 Å². The molecule has 1 aliphatic heterocycles. The first-order valence-electron chi connectivity index (χ1n) is 9.63. The third-order valence-electron chi connectivity index (χ3n) is 5.22. The number of hydrogen-bond acceptors (Lipinski definition) is 10. The monoisotopic (exact) mass is 423 g/mol. The Hall–Kier alpha value is -4.27. The zero-order valence-corrected chi connectivity index (χ0v) is 16.3. The number of anilines is 3. The second-order valence-corrected chi connectivity index (χ2v) is 7.14. The third-order valence-corrected chi connectivity index (χ3v) is 5.22. The van der Waals surface area contributed by atoms with Gasteiger partial charge in [-0.25, -0.2) is 4.63 Å². The van der Waals surface area contributed by atoms with E-state index in [9.17, 15) is 25.5 Å². The number of nitriles is 1. The van der Waals surface area contributed by atoms with Crippen molar-refractivity contribution in [2.45, 2.75) is 25.7 Å². The van der Waals surface area contributed by atoms with Crippen molar-refractivity contribution in [1.29, 1.82) is 5.26 Å². The van der Waals surface area contributed by atoms with Crippen molar-refractivity contribution in [2.24, 2.45) is 0 Å².